The molecule has 6 N–H and O–H groups in total. The molecule has 0 atom stereocenters. The van der Waals surface area contributed by atoms with Gasteiger partial charge in [-0.15, -0.1) is 0 Å². The van der Waals surface area contributed by atoms with Crippen molar-refractivity contribution < 1.29 is 23.5 Å². The predicted octanol–water partition coefficient (Wildman–Crippen LogP) is 2.11. The average molecular weight is 373 g/mol. The fourth-order valence-electron chi connectivity index (χ4n) is 2.47. The van der Waals surface area contributed by atoms with Crippen molar-refractivity contribution in [2.75, 3.05) is 5.32 Å². The maximum absolute atomic E-state index is 14.5. The molecule has 138 valence electrons. The summed E-state index contributed by atoms with van der Waals surface area (Å²) in [5.41, 5.74) is 10.5. The summed E-state index contributed by atoms with van der Waals surface area (Å²) in [4.78, 5) is 22.4. The molecule has 0 unspecified atom stereocenters. The second-order valence-electron chi connectivity index (χ2n) is 5.52. The molecule has 10 heteroatoms. The molecule has 0 aliphatic rings. The topological polar surface area (TPSA) is 136 Å². The Labute approximate surface area is 151 Å². The summed E-state index contributed by atoms with van der Waals surface area (Å²) in [6, 6.07) is 6.51. The molecule has 1 aromatic heterocycles. The Hall–Kier alpha value is -3.95. The van der Waals surface area contributed by atoms with Crippen molar-refractivity contribution in [1.82, 2.24) is 9.78 Å². The second-order valence-corrected chi connectivity index (χ2v) is 5.52. The number of urea groups is 1. The van der Waals surface area contributed by atoms with Crippen molar-refractivity contribution in [2.45, 2.75) is 0 Å². The summed E-state index contributed by atoms with van der Waals surface area (Å²) in [7, 11) is 0. The van der Waals surface area contributed by atoms with Crippen LogP contribution in [-0.4, -0.2) is 26.8 Å². The molecule has 0 spiro atoms. The molecule has 0 aliphatic carbocycles. The summed E-state index contributed by atoms with van der Waals surface area (Å²) < 4.78 is 29.1. The molecule has 0 bridgehead atoms. The maximum atomic E-state index is 14.5. The number of hydrogen-bond donors (Lipinski definition) is 4. The van der Waals surface area contributed by atoms with Crippen LogP contribution in [-0.2, 0) is 0 Å². The Morgan fingerprint density at radius 2 is 1.81 bits per heavy atom. The molecule has 8 nitrogen and oxygen atoms in total. The Morgan fingerprint density at radius 3 is 2.41 bits per heavy atom. The molecule has 2 aromatic carbocycles. The van der Waals surface area contributed by atoms with Gasteiger partial charge in [-0.3, -0.25) is 4.79 Å². The first-order chi connectivity index (χ1) is 12.8. The van der Waals surface area contributed by atoms with Crippen molar-refractivity contribution in [3.63, 3.8) is 0 Å². The van der Waals surface area contributed by atoms with Crippen molar-refractivity contribution in [2.24, 2.45) is 11.5 Å². The second kappa shape index (κ2) is 6.75. The SMILES string of the molecule is NC(=O)Nc1cn(-c2ccc(-c3ccc(O)c(F)c3)c(F)c2)nc1C(N)=O. The number of aromatic nitrogens is 2. The standard InChI is InChI=1S/C17H13F2N5O3/c18-11-6-9(2-3-10(11)8-1-4-14(25)12(19)5-8)24-7-13(22-17(21)27)15(23-24)16(20)26/h1-7,25H,(H2,20,26)(H3,21,22,27). The molecular formula is C17H13F2N5O3. The van der Waals surface area contributed by atoms with Gasteiger partial charge in [0.15, 0.2) is 17.3 Å². The molecule has 27 heavy (non-hydrogen) atoms. The lowest BCUT2D eigenvalue weighted by Gasteiger charge is -2.07. The van der Waals surface area contributed by atoms with Crippen LogP contribution in [0.5, 0.6) is 5.75 Å². The Balaban J connectivity index is 2.01. The zero-order valence-corrected chi connectivity index (χ0v) is 13.6. The first-order valence-corrected chi connectivity index (χ1v) is 7.51. The van der Waals surface area contributed by atoms with E-state index in [9.17, 15) is 23.5 Å². The largest absolute Gasteiger partial charge is 0.505 e. The Morgan fingerprint density at radius 1 is 1.07 bits per heavy atom. The van der Waals surface area contributed by atoms with E-state index in [1.54, 1.807) is 0 Å². The lowest BCUT2D eigenvalue weighted by Crippen LogP contribution is -2.22. The molecule has 0 radical (unpaired) electrons. The fourth-order valence-corrected chi connectivity index (χ4v) is 2.47. The maximum Gasteiger partial charge on any atom is 0.316 e. The molecule has 3 rings (SSSR count). The molecule has 0 saturated heterocycles. The molecule has 3 amide bonds. The molecule has 0 fully saturated rings. The number of benzene rings is 2. The van der Waals surface area contributed by atoms with Crippen LogP contribution in [0.2, 0.25) is 0 Å². The van der Waals surface area contributed by atoms with Gasteiger partial charge in [0.1, 0.15) is 5.82 Å². The van der Waals surface area contributed by atoms with Gasteiger partial charge >= 0.3 is 6.03 Å². The summed E-state index contributed by atoms with van der Waals surface area (Å²) >= 11 is 0. The minimum atomic E-state index is -0.923. The third-order valence-corrected chi connectivity index (χ3v) is 3.68. The summed E-state index contributed by atoms with van der Waals surface area (Å²) in [5, 5.41) is 15.3. The Bertz CT molecular complexity index is 1060. The number of nitrogens with zero attached hydrogens (tertiary/aromatic N) is 2. The van der Waals surface area contributed by atoms with Gasteiger partial charge in [-0.2, -0.15) is 5.10 Å². The molecule has 3 aromatic rings. The van der Waals surface area contributed by atoms with E-state index in [2.05, 4.69) is 10.4 Å². The van der Waals surface area contributed by atoms with E-state index < -0.39 is 29.3 Å². The summed E-state index contributed by atoms with van der Waals surface area (Å²) in [6.07, 6.45) is 1.25. The minimum absolute atomic E-state index is 0.0277. The highest BCUT2D eigenvalue weighted by atomic mass is 19.1. The highest BCUT2D eigenvalue weighted by molar-refractivity contribution is 6.00. The van der Waals surface area contributed by atoms with E-state index in [0.717, 1.165) is 22.9 Å². The lowest BCUT2D eigenvalue weighted by atomic mass is 10.0. The molecule has 1 heterocycles. The van der Waals surface area contributed by atoms with Gasteiger partial charge in [0.2, 0.25) is 0 Å². The van der Waals surface area contributed by atoms with Gasteiger partial charge < -0.3 is 21.9 Å². The normalized spacial score (nSPS) is 10.6. The Kier molecular flexibility index (Phi) is 4.46. The molecule has 0 saturated carbocycles. The minimum Gasteiger partial charge on any atom is -0.505 e. The smallest absolute Gasteiger partial charge is 0.316 e. The number of halogens is 2. The quantitative estimate of drug-likeness (QED) is 0.557. The number of nitrogens with one attached hydrogen (secondary N) is 1. The van der Waals surface area contributed by atoms with Crippen LogP contribution in [0.4, 0.5) is 19.3 Å². The van der Waals surface area contributed by atoms with E-state index in [0.29, 0.717) is 0 Å². The van der Waals surface area contributed by atoms with Crippen LogP contribution in [0.1, 0.15) is 10.5 Å². The van der Waals surface area contributed by atoms with Gasteiger partial charge in [0.05, 0.1) is 17.6 Å². The van der Waals surface area contributed by atoms with E-state index >= 15 is 0 Å². The molecule has 0 aliphatic heterocycles. The van der Waals surface area contributed by atoms with Gasteiger partial charge in [-0.25, -0.2) is 18.3 Å². The van der Waals surface area contributed by atoms with Crippen molar-refractivity contribution in [3.05, 3.63) is 59.9 Å². The van der Waals surface area contributed by atoms with Crippen LogP contribution in [0, 0.1) is 11.6 Å². The number of carbonyl (C=O) groups is 2. The number of primary amides is 2. The number of carbonyl (C=O) groups excluding carboxylic acids is 2. The highest BCUT2D eigenvalue weighted by Crippen LogP contribution is 2.28. The van der Waals surface area contributed by atoms with Gasteiger partial charge in [-0.05, 0) is 29.8 Å². The number of anilines is 1. The zero-order chi connectivity index (χ0) is 19.7. The van der Waals surface area contributed by atoms with E-state index in [1.807, 2.05) is 0 Å². The van der Waals surface area contributed by atoms with Crippen LogP contribution >= 0.6 is 0 Å². The average Bonchev–Trinajstić information content (AvgIpc) is 3.01. The lowest BCUT2D eigenvalue weighted by molar-refractivity contribution is 0.0996. The third-order valence-electron chi connectivity index (χ3n) is 3.68. The van der Waals surface area contributed by atoms with Crippen LogP contribution < -0.4 is 16.8 Å². The van der Waals surface area contributed by atoms with Crippen molar-refractivity contribution in [1.29, 1.82) is 0 Å². The van der Waals surface area contributed by atoms with E-state index in [1.165, 1.54) is 24.4 Å². The van der Waals surface area contributed by atoms with E-state index in [4.69, 9.17) is 11.5 Å². The number of phenolic OH excluding ortho intramolecular Hbond substituents is 1. The summed E-state index contributed by atoms with van der Waals surface area (Å²) in [5.74, 6) is -3.02. The van der Waals surface area contributed by atoms with Crippen LogP contribution in [0.15, 0.2) is 42.6 Å². The number of amides is 3. The van der Waals surface area contributed by atoms with Crippen molar-refractivity contribution in [3.8, 4) is 22.6 Å². The fraction of sp³-hybridized carbons (Fsp3) is 0. The van der Waals surface area contributed by atoms with E-state index in [-0.39, 0.29) is 28.2 Å². The van der Waals surface area contributed by atoms with Crippen LogP contribution in [0.3, 0.4) is 0 Å². The number of nitrogens with two attached hydrogens (primary N) is 2. The first-order valence-electron chi connectivity index (χ1n) is 7.51. The monoisotopic (exact) mass is 373 g/mol. The first kappa shape index (κ1) is 17.9. The predicted molar refractivity (Wildman–Crippen MR) is 92.3 cm³/mol. The zero-order valence-electron chi connectivity index (χ0n) is 13.6. The number of hydrogen-bond acceptors (Lipinski definition) is 4. The molecular weight excluding hydrogens is 360 g/mol. The number of phenols is 1. The highest BCUT2D eigenvalue weighted by Gasteiger charge is 2.17. The van der Waals surface area contributed by atoms with Crippen LogP contribution in [0.25, 0.3) is 16.8 Å². The van der Waals surface area contributed by atoms with Gasteiger partial charge in [0.25, 0.3) is 5.91 Å². The number of rotatable bonds is 4. The summed E-state index contributed by atoms with van der Waals surface area (Å²) in [6.45, 7) is 0. The third kappa shape index (κ3) is 3.54. The number of aromatic hydroxyl groups is 1. The van der Waals surface area contributed by atoms with Gasteiger partial charge in [-0.1, -0.05) is 6.07 Å². The van der Waals surface area contributed by atoms with Gasteiger partial charge in [0, 0.05) is 11.6 Å². The van der Waals surface area contributed by atoms with Crippen molar-refractivity contribution >= 4 is 17.6 Å².